The molecule has 0 bridgehead atoms. The summed E-state index contributed by atoms with van der Waals surface area (Å²) in [6.45, 7) is 9.29. The van der Waals surface area contributed by atoms with Crippen molar-refractivity contribution < 1.29 is 18.0 Å². The molecular weight excluding hydrogens is 447 g/mol. The van der Waals surface area contributed by atoms with Gasteiger partial charge in [-0.1, -0.05) is 45.0 Å². The maximum Gasteiger partial charge on any atom is 0.436 e. The zero-order valence-electron chi connectivity index (χ0n) is 17.3. The molecule has 1 amide bonds. The van der Waals surface area contributed by atoms with Crippen LogP contribution in [0.5, 0.6) is 0 Å². The van der Waals surface area contributed by atoms with E-state index in [1.54, 1.807) is 6.92 Å². The Morgan fingerprint density at radius 3 is 2.14 bits per heavy atom. The van der Waals surface area contributed by atoms with E-state index in [0.29, 0.717) is 12.3 Å². The van der Waals surface area contributed by atoms with Crippen LogP contribution in [0.25, 0.3) is 0 Å². The van der Waals surface area contributed by atoms with Gasteiger partial charge in [-0.3, -0.25) is 9.48 Å². The maximum atomic E-state index is 13.1. The van der Waals surface area contributed by atoms with Crippen molar-refractivity contribution in [3.8, 4) is 0 Å². The van der Waals surface area contributed by atoms with Gasteiger partial charge < -0.3 is 5.32 Å². The van der Waals surface area contributed by atoms with E-state index in [4.69, 9.17) is 0 Å². The third-order valence-electron chi connectivity index (χ3n) is 5.34. The molecule has 160 valence electrons. The summed E-state index contributed by atoms with van der Waals surface area (Å²) in [5, 5.41) is 6.57. The number of carbonyl (C=O) groups excluding carboxylic acids is 1. The molecule has 0 aliphatic rings. The summed E-state index contributed by atoms with van der Waals surface area (Å²) in [7, 11) is 0. The smallest absolute Gasteiger partial charge is 0.347 e. The van der Waals surface area contributed by atoms with Gasteiger partial charge in [-0.15, -0.1) is 0 Å². The fraction of sp³-hybridized carbons (Fsp3) is 0.524. The normalized spacial score (nSPS) is 15.1. The maximum absolute atomic E-state index is 13.1. The number of alkyl halides is 3. The fourth-order valence-electron chi connectivity index (χ4n) is 3.17. The quantitative estimate of drug-likeness (QED) is 0.511. The molecule has 1 N–H and O–H groups in total. The number of benzene rings is 1. The van der Waals surface area contributed by atoms with Crippen LogP contribution >= 0.6 is 15.9 Å². The number of rotatable bonds is 7. The average molecular weight is 474 g/mol. The molecule has 1 aromatic heterocycles. The van der Waals surface area contributed by atoms with Gasteiger partial charge in [0.1, 0.15) is 6.04 Å². The number of amides is 1. The number of halogens is 4. The number of aromatic nitrogens is 2. The van der Waals surface area contributed by atoms with Gasteiger partial charge in [-0.2, -0.15) is 18.3 Å². The standard InChI is InChI=1S/C21H27BrF3N3O/c1-6-12(3)15-8-10-16(11-9-15)17(7-2)26-20(29)14(5)28-13(4)18(22)19(27-28)21(23,24)25/h8-12,14,17H,6-7H2,1-5H3,(H,26,29). The van der Waals surface area contributed by atoms with Crippen LogP contribution in [0.1, 0.15) is 81.1 Å². The number of hydrogen-bond acceptors (Lipinski definition) is 2. The van der Waals surface area contributed by atoms with E-state index in [0.717, 1.165) is 16.7 Å². The molecule has 0 spiro atoms. The molecule has 2 aromatic rings. The average Bonchev–Trinajstić information content (AvgIpc) is 3.00. The molecule has 0 saturated heterocycles. The Hall–Kier alpha value is -1.83. The van der Waals surface area contributed by atoms with Crippen molar-refractivity contribution in [2.45, 2.75) is 71.6 Å². The van der Waals surface area contributed by atoms with Crippen molar-refractivity contribution in [3.63, 3.8) is 0 Å². The molecule has 1 aromatic carbocycles. The van der Waals surface area contributed by atoms with Crippen LogP contribution in [0.3, 0.4) is 0 Å². The topological polar surface area (TPSA) is 46.9 Å². The minimum absolute atomic E-state index is 0.141. The van der Waals surface area contributed by atoms with E-state index in [1.165, 1.54) is 12.5 Å². The highest BCUT2D eigenvalue weighted by Crippen LogP contribution is 2.36. The van der Waals surface area contributed by atoms with Gasteiger partial charge in [0.05, 0.1) is 16.2 Å². The van der Waals surface area contributed by atoms with Gasteiger partial charge in [0.15, 0.2) is 5.69 Å². The van der Waals surface area contributed by atoms with Crippen LogP contribution in [0.2, 0.25) is 0 Å². The van der Waals surface area contributed by atoms with E-state index < -0.39 is 17.9 Å². The van der Waals surface area contributed by atoms with Crippen molar-refractivity contribution in [2.24, 2.45) is 0 Å². The van der Waals surface area contributed by atoms with E-state index in [1.807, 2.05) is 19.1 Å². The summed E-state index contributed by atoms with van der Waals surface area (Å²) in [5.41, 5.74) is 1.44. The highest BCUT2D eigenvalue weighted by atomic mass is 79.9. The predicted molar refractivity (Wildman–Crippen MR) is 111 cm³/mol. The molecule has 0 saturated carbocycles. The van der Waals surface area contributed by atoms with Crippen molar-refractivity contribution >= 4 is 21.8 Å². The van der Waals surface area contributed by atoms with E-state index >= 15 is 0 Å². The lowest BCUT2D eigenvalue weighted by atomic mass is 9.95. The molecule has 0 aliphatic carbocycles. The summed E-state index contributed by atoms with van der Waals surface area (Å²) in [4.78, 5) is 12.8. The van der Waals surface area contributed by atoms with Gasteiger partial charge in [-0.05, 0) is 59.7 Å². The zero-order chi connectivity index (χ0) is 21.9. The number of nitrogens with zero attached hydrogens (tertiary/aromatic N) is 2. The second kappa shape index (κ2) is 9.32. The molecule has 0 aliphatic heterocycles. The first-order valence-electron chi connectivity index (χ1n) is 9.73. The molecule has 29 heavy (non-hydrogen) atoms. The summed E-state index contributed by atoms with van der Waals surface area (Å²) >= 11 is 2.94. The van der Waals surface area contributed by atoms with E-state index in [2.05, 4.69) is 52.3 Å². The fourth-order valence-corrected chi connectivity index (χ4v) is 3.66. The Morgan fingerprint density at radius 1 is 1.14 bits per heavy atom. The number of carbonyl (C=O) groups is 1. The van der Waals surface area contributed by atoms with Crippen LogP contribution in [0.15, 0.2) is 28.7 Å². The van der Waals surface area contributed by atoms with Gasteiger partial charge in [0.2, 0.25) is 5.91 Å². The summed E-state index contributed by atoms with van der Waals surface area (Å²) in [6, 6.07) is 7.02. The molecule has 3 unspecified atom stereocenters. The Kier molecular flexibility index (Phi) is 7.54. The minimum atomic E-state index is -4.59. The molecule has 2 rings (SSSR count). The van der Waals surface area contributed by atoms with Crippen molar-refractivity contribution in [1.29, 1.82) is 0 Å². The highest BCUT2D eigenvalue weighted by Gasteiger charge is 2.39. The first kappa shape index (κ1) is 23.4. The van der Waals surface area contributed by atoms with Crippen LogP contribution in [-0.2, 0) is 11.0 Å². The molecule has 8 heteroatoms. The first-order valence-corrected chi connectivity index (χ1v) is 10.5. The lowest BCUT2D eigenvalue weighted by Crippen LogP contribution is -2.34. The van der Waals surface area contributed by atoms with Crippen molar-refractivity contribution in [3.05, 3.63) is 51.3 Å². The Morgan fingerprint density at radius 2 is 1.69 bits per heavy atom. The zero-order valence-corrected chi connectivity index (χ0v) is 18.9. The molecule has 0 fully saturated rings. The first-order chi connectivity index (χ1) is 13.5. The van der Waals surface area contributed by atoms with Crippen molar-refractivity contribution in [2.75, 3.05) is 0 Å². The summed E-state index contributed by atoms with van der Waals surface area (Å²) < 4.78 is 40.3. The summed E-state index contributed by atoms with van der Waals surface area (Å²) in [6.07, 6.45) is -2.88. The number of hydrogen-bond donors (Lipinski definition) is 1. The second-order valence-corrected chi connectivity index (χ2v) is 8.10. The van der Waals surface area contributed by atoms with Crippen molar-refractivity contribution in [1.82, 2.24) is 15.1 Å². The summed E-state index contributed by atoms with van der Waals surface area (Å²) in [5.74, 6) is 0.0810. The third-order valence-corrected chi connectivity index (χ3v) is 6.29. The number of nitrogens with one attached hydrogen (secondary N) is 1. The molecule has 4 nitrogen and oxygen atoms in total. The van der Waals surface area contributed by atoms with Crippen LogP contribution in [0.4, 0.5) is 13.2 Å². The van der Waals surface area contributed by atoms with E-state index in [-0.39, 0.29) is 22.1 Å². The van der Waals surface area contributed by atoms with Gasteiger partial charge in [0, 0.05) is 0 Å². The van der Waals surface area contributed by atoms with Crippen LogP contribution in [-0.4, -0.2) is 15.7 Å². The van der Waals surface area contributed by atoms with Gasteiger partial charge in [0.25, 0.3) is 0 Å². The monoisotopic (exact) mass is 473 g/mol. The second-order valence-electron chi connectivity index (χ2n) is 7.31. The largest absolute Gasteiger partial charge is 0.436 e. The third kappa shape index (κ3) is 5.21. The van der Waals surface area contributed by atoms with Crippen LogP contribution < -0.4 is 5.32 Å². The van der Waals surface area contributed by atoms with Gasteiger partial charge >= 0.3 is 6.18 Å². The Balaban J connectivity index is 2.19. The van der Waals surface area contributed by atoms with Gasteiger partial charge in [-0.25, -0.2) is 0 Å². The minimum Gasteiger partial charge on any atom is -0.347 e. The van der Waals surface area contributed by atoms with Crippen LogP contribution in [0, 0.1) is 6.92 Å². The van der Waals surface area contributed by atoms with E-state index in [9.17, 15) is 18.0 Å². The Bertz CT molecular complexity index is 846. The highest BCUT2D eigenvalue weighted by molar-refractivity contribution is 9.10. The Labute approximate surface area is 178 Å². The lowest BCUT2D eigenvalue weighted by Gasteiger charge is -2.22. The predicted octanol–water partition coefficient (Wildman–Crippen LogP) is 6.31. The molecule has 1 heterocycles. The molecule has 0 radical (unpaired) electrons. The SMILES string of the molecule is CCC(C)c1ccc(C(CC)NC(=O)C(C)n2nc(C(F)(F)F)c(Br)c2C)cc1. The molecular formula is C21H27BrF3N3O. The molecule has 3 atom stereocenters. The lowest BCUT2D eigenvalue weighted by molar-refractivity contribution is -0.142.